The topological polar surface area (TPSA) is 37.4 Å². The number of rotatable bonds is 3. The van der Waals surface area contributed by atoms with Crippen molar-refractivity contribution in [3.05, 3.63) is 64.1 Å². The first kappa shape index (κ1) is 15.8. The van der Waals surface area contributed by atoms with Gasteiger partial charge in [-0.1, -0.05) is 53.5 Å². The Labute approximate surface area is 140 Å². The lowest BCUT2D eigenvalue weighted by Gasteiger charge is -2.18. The fourth-order valence-corrected chi connectivity index (χ4v) is 5.00. The lowest BCUT2D eigenvalue weighted by atomic mass is 9.99. The van der Waals surface area contributed by atoms with Gasteiger partial charge in [0.1, 0.15) is 4.90 Å². The minimum absolute atomic E-state index is 0.0791. The number of hydrogen-bond acceptors (Lipinski definition) is 2. The number of hydrogen-bond donors (Lipinski definition) is 0. The Morgan fingerprint density at radius 1 is 1.05 bits per heavy atom. The molecule has 0 aromatic heterocycles. The summed E-state index contributed by atoms with van der Waals surface area (Å²) in [6.07, 6.45) is 0.807. The molecule has 3 rings (SSSR count). The summed E-state index contributed by atoms with van der Waals surface area (Å²) in [7, 11) is -3.62. The minimum atomic E-state index is -3.62. The molecule has 0 radical (unpaired) electrons. The molecular weight excluding hydrogens is 341 g/mol. The van der Waals surface area contributed by atoms with Crippen LogP contribution >= 0.6 is 23.2 Å². The zero-order chi connectivity index (χ0) is 15.7. The average molecular weight is 356 g/mol. The van der Waals surface area contributed by atoms with Gasteiger partial charge in [0.2, 0.25) is 10.0 Å². The van der Waals surface area contributed by atoms with Gasteiger partial charge in [0.25, 0.3) is 0 Å². The summed E-state index contributed by atoms with van der Waals surface area (Å²) in [5.41, 5.74) is 1.16. The number of halogens is 2. The summed E-state index contributed by atoms with van der Waals surface area (Å²) in [5.74, 6) is 0.217. The van der Waals surface area contributed by atoms with Crippen molar-refractivity contribution in [2.75, 3.05) is 13.1 Å². The molecule has 1 aliphatic rings. The summed E-state index contributed by atoms with van der Waals surface area (Å²) < 4.78 is 27.0. The second kappa shape index (κ2) is 6.20. The zero-order valence-electron chi connectivity index (χ0n) is 11.7. The normalized spacial score (nSPS) is 19.5. The zero-order valence-corrected chi connectivity index (χ0v) is 14.1. The van der Waals surface area contributed by atoms with Crippen LogP contribution in [0.2, 0.25) is 10.0 Å². The van der Waals surface area contributed by atoms with Crippen LogP contribution in [0.5, 0.6) is 0 Å². The third-order valence-corrected chi connectivity index (χ3v) is 6.51. The Bertz CT molecular complexity index is 778. The van der Waals surface area contributed by atoms with Gasteiger partial charge in [-0.15, -0.1) is 0 Å². The van der Waals surface area contributed by atoms with Gasteiger partial charge in [-0.2, -0.15) is 4.31 Å². The standard InChI is InChI=1S/C16H15Cl2NO2S/c17-14-6-7-15(18)16(10-14)22(20,21)19-9-8-13(11-19)12-4-2-1-3-5-12/h1-7,10,13H,8-9,11H2. The number of nitrogens with zero attached hydrogens (tertiary/aromatic N) is 1. The van der Waals surface area contributed by atoms with Crippen LogP contribution in [-0.4, -0.2) is 25.8 Å². The van der Waals surface area contributed by atoms with E-state index in [1.165, 1.54) is 16.4 Å². The van der Waals surface area contributed by atoms with Crippen LogP contribution in [0.1, 0.15) is 17.9 Å². The van der Waals surface area contributed by atoms with Gasteiger partial charge in [0, 0.05) is 18.1 Å². The Morgan fingerprint density at radius 2 is 1.77 bits per heavy atom. The van der Waals surface area contributed by atoms with Crippen molar-refractivity contribution in [1.29, 1.82) is 0 Å². The molecule has 0 aliphatic carbocycles. The second-order valence-electron chi connectivity index (χ2n) is 5.33. The van der Waals surface area contributed by atoms with E-state index in [2.05, 4.69) is 0 Å². The molecule has 116 valence electrons. The molecule has 1 fully saturated rings. The Kier molecular flexibility index (Phi) is 4.46. The van der Waals surface area contributed by atoms with E-state index < -0.39 is 10.0 Å². The second-order valence-corrected chi connectivity index (χ2v) is 8.08. The van der Waals surface area contributed by atoms with E-state index in [4.69, 9.17) is 23.2 Å². The molecule has 2 aromatic rings. The molecule has 0 spiro atoms. The largest absolute Gasteiger partial charge is 0.244 e. The quantitative estimate of drug-likeness (QED) is 0.828. The van der Waals surface area contributed by atoms with Gasteiger partial charge in [-0.3, -0.25) is 0 Å². The molecule has 1 heterocycles. The Morgan fingerprint density at radius 3 is 2.50 bits per heavy atom. The maximum Gasteiger partial charge on any atom is 0.244 e. The smallest absolute Gasteiger partial charge is 0.207 e. The fraction of sp³-hybridized carbons (Fsp3) is 0.250. The van der Waals surface area contributed by atoms with Crippen molar-refractivity contribution in [1.82, 2.24) is 4.31 Å². The lowest BCUT2D eigenvalue weighted by Crippen LogP contribution is -2.29. The molecular formula is C16H15Cl2NO2S. The number of benzene rings is 2. The molecule has 0 saturated carbocycles. The average Bonchev–Trinajstić information content (AvgIpc) is 3.01. The van der Waals surface area contributed by atoms with Crippen LogP contribution < -0.4 is 0 Å². The lowest BCUT2D eigenvalue weighted by molar-refractivity contribution is 0.473. The van der Waals surface area contributed by atoms with Crippen LogP contribution in [0.25, 0.3) is 0 Å². The van der Waals surface area contributed by atoms with Gasteiger partial charge < -0.3 is 0 Å². The van der Waals surface area contributed by atoms with Crippen molar-refractivity contribution in [3.8, 4) is 0 Å². The van der Waals surface area contributed by atoms with E-state index in [0.29, 0.717) is 18.1 Å². The molecule has 3 nitrogen and oxygen atoms in total. The molecule has 2 aromatic carbocycles. The minimum Gasteiger partial charge on any atom is -0.207 e. The predicted octanol–water partition coefficient (Wildman–Crippen LogP) is 4.17. The molecule has 1 atom stereocenters. The highest BCUT2D eigenvalue weighted by Gasteiger charge is 2.34. The molecule has 0 amide bonds. The molecule has 22 heavy (non-hydrogen) atoms. The summed E-state index contributed by atoms with van der Waals surface area (Å²) in [5, 5.41) is 0.564. The van der Waals surface area contributed by atoms with Crippen LogP contribution in [0.15, 0.2) is 53.4 Å². The van der Waals surface area contributed by atoms with E-state index in [1.807, 2.05) is 30.3 Å². The van der Waals surface area contributed by atoms with Crippen LogP contribution in [0.3, 0.4) is 0 Å². The highest BCUT2D eigenvalue weighted by atomic mass is 35.5. The molecule has 1 aliphatic heterocycles. The third-order valence-electron chi connectivity index (χ3n) is 3.93. The Hall–Kier alpha value is -1.07. The maximum absolute atomic E-state index is 12.8. The highest BCUT2D eigenvalue weighted by molar-refractivity contribution is 7.89. The van der Waals surface area contributed by atoms with Crippen LogP contribution in [0.4, 0.5) is 0 Å². The van der Waals surface area contributed by atoms with Gasteiger partial charge in [0.15, 0.2) is 0 Å². The van der Waals surface area contributed by atoms with Crippen molar-refractivity contribution in [2.24, 2.45) is 0 Å². The summed E-state index contributed by atoms with van der Waals surface area (Å²) in [4.78, 5) is 0.0791. The first-order valence-electron chi connectivity index (χ1n) is 6.98. The van der Waals surface area contributed by atoms with Gasteiger partial charge in [-0.25, -0.2) is 8.42 Å². The number of sulfonamides is 1. The van der Waals surface area contributed by atoms with Crippen molar-refractivity contribution in [2.45, 2.75) is 17.2 Å². The van der Waals surface area contributed by atoms with E-state index in [-0.39, 0.29) is 15.8 Å². The molecule has 0 N–H and O–H groups in total. The highest BCUT2D eigenvalue weighted by Crippen LogP contribution is 2.34. The van der Waals surface area contributed by atoms with Crippen LogP contribution in [0, 0.1) is 0 Å². The monoisotopic (exact) mass is 355 g/mol. The summed E-state index contributed by atoms with van der Waals surface area (Å²) in [6, 6.07) is 14.5. The van der Waals surface area contributed by atoms with Crippen LogP contribution in [-0.2, 0) is 10.0 Å². The first-order chi connectivity index (χ1) is 10.5. The van der Waals surface area contributed by atoms with Crippen molar-refractivity contribution < 1.29 is 8.42 Å². The summed E-state index contributed by atoms with van der Waals surface area (Å²) in [6.45, 7) is 0.958. The van der Waals surface area contributed by atoms with E-state index >= 15 is 0 Å². The van der Waals surface area contributed by atoms with Gasteiger partial charge >= 0.3 is 0 Å². The fourth-order valence-electron chi connectivity index (χ4n) is 2.76. The molecule has 1 unspecified atom stereocenters. The maximum atomic E-state index is 12.8. The van der Waals surface area contributed by atoms with Crippen molar-refractivity contribution in [3.63, 3.8) is 0 Å². The summed E-state index contributed by atoms with van der Waals surface area (Å²) >= 11 is 12.0. The first-order valence-corrected chi connectivity index (χ1v) is 9.18. The third kappa shape index (κ3) is 3.01. The van der Waals surface area contributed by atoms with Crippen molar-refractivity contribution >= 4 is 33.2 Å². The van der Waals surface area contributed by atoms with Gasteiger partial charge in [-0.05, 0) is 36.1 Å². The Balaban J connectivity index is 1.87. The molecule has 1 saturated heterocycles. The van der Waals surface area contributed by atoms with Gasteiger partial charge in [0.05, 0.1) is 5.02 Å². The molecule has 0 bridgehead atoms. The molecule has 6 heteroatoms. The predicted molar refractivity (Wildman–Crippen MR) is 89.0 cm³/mol. The van der Waals surface area contributed by atoms with E-state index in [1.54, 1.807) is 6.07 Å². The van der Waals surface area contributed by atoms with E-state index in [9.17, 15) is 8.42 Å². The van der Waals surface area contributed by atoms with E-state index in [0.717, 1.165) is 12.0 Å². The SMILES string of the molecule is O=S(=O)(c1cc(Cl)ccc1Cl)N1CCC(c2ccccc2)C1.